The van der Waals surface area contributed by atoms with Crippen molar-refractivity contribution in [1.29, 1.82) is 5.26 Å². The molecule has 1 aliphatic heterocycles. The van der Waals surface area contributed by atoms with Gasteiger partial charge in [-0.3, -0.25) is 14.5 Å². The number of nitriles is 1. The Kier molecular flexibility index (Phi) is 5.03. The molecule has 34 heavy (non-hydrogen) atoms. The number of carbonyl (C=O) groups excluding carboxylic acids is 1. The molecule has 1 saturated heterocycles. The number of anilines is 1. The quantitative estimate of drug-likeness (QED) is 0.488. The first kappa shape index (κ1) is 20.8. The molecule has 1 N–H and O–H groups in total. The molecule has 172 valence electrons. The molecule has 4 aromatic rings. The minimum absolute atomic E-state index is 0.118. The van der Waals surface area contributed by atoms with Crippen molar-refractivity contribution in [3.63, 3.8) is 0 Å². The summed E-state index contributed by atoms with van der Waals surface area (Å²) < 4.78 is 9.89. The average molecular weight is 456 g/mol. The van der Waals surface area contributed by atoms with Crippen molar-refractivity contribution in [2.24, 2.45) is 0 Å². The molecule has 2 fully saturated rings. The van der Waals surface area contributed by atoms with Gasteiger partial charge in [-0.05, 0) is 50.8 Å². The molecule has 0 spiro atoms. The number of amides is 1. The molecule has 9 nitrogen and oxygen atoms in total. The van der Waals surface area contributed by atoms with Crippen molar-refractivity contribution in [2.75, 3.05) is 11.9 Å². The number of pyridine rings is 1. The van der Waals surface area contributed by atoms with E-state index in [1.54, 1.807) is 12.3 Å². The summed E-state index contributed by atoms with van der Waals surface area (Å²) in [6, 6.07) is 10.2. The predicted octanol–water partition coefficient (Wildman–Crippen LogP) is 3.91. The first-order valence-electron chi connectivity index (χ1n) is 11.8. The third-order valence-corrected chi connectivity index (χ3v) is 6.66. The van der Waals surface area contributed by atoms with E-state index < -0.39 is 0 Å². The lowest BCUT2D eigenvalue weighted by atomic mass is 10.0. The topological polar surface area (TPSA) is 111 Å². The maximum Gasteiger partial charge on any atom is 0.233 e. The molecule has 9 heteroatoms. The van der Waals surface area contributed by atoms with Gasteiger partial charge >= 0.3 is 0 Å². The average Bonchev–Trinajstić information content (AvgIpc) is 3.47. The van der Waals surface area contributed by atoms with Crippen LogP contribution < -0.4 is 5.32 Å². The van der Waals surface area contributed by atoms with Gasteiger partial charge < -0.3 is 14.6 Å². The van der Waals surface area contributed by atoms with Crippen LogP contribution in [0.5, 0.6) is 0 Å². The van der Waals surface area contributed by atoms with Crippen molar-refractivity contribution in [2.45, 2.75) is 57.2 Å². The van der Waals surface area contributed by atoms with Crippen molar-refractivity contribution in [3.8, 4) is 6.07 Å². The van der Waals surface area contributed by atoms with Crippen LogP contribution in [0.15, 0.2) is 36.7 Å². The second kappa shape index (κ2) is 8.22. The minimum Gasteiger partial charge on any atom is -0.378 e. The van der Waals surface area contributed by atoms with Crippen molar-refractivity contribution in [3.05, 3.63) is 48.0 Å². The molecule has 4 heterocycles. The van der Waals surface area contributed by atoms with Gasteiger partial charge in [-0.25, -0.2) is 4.98 Å². The molecular formula is C25H25N7O2. The lowest BCUT2D eigenvalue weighted by Gasteiger charge is -2.30. The molecular weight excluding hydrogens is 430 g/mol. The highest BCUT2D eigenvalue weighted by molar-refractivity contribution is 6.03. The zero-order chi connectivity index (χ0) is 23.2. The van der Waals surface area contributed by atoms with Gasteiger partial charge in [0.2, 0.25) is 5.91 Å². The Morgan fingerprint density at radius 2 is 2.12 bits per heavy atom. The van der Waals surface area contributed by atoms with Crippen LogP contribution in [-0.2, 0) is 16.0 Å². The Balaban J connectivity index is 1.40. The number of nitrogens with zero attached hydrogens (tertiary/aromatic N) is 6. The summed E-state index contributed by atoms with van der Waals surface area (Å²) in [5, 5.41) is 17.7. The van der Waals surface area contributed by atoms with Crippen LogP contribution in [0, 0.1) is 11.3 Å². The van der Waals surface area contributed by atoms with E-state index in [9.17, 15) is 10.1 Å². The summed E-state index contributed by atoms with van der Waals surface area (Å²) in [6.45, 7) is 2.73. The fourth-order valence-electron chi connectivity index (χ4n) is 4.90. The number of ether oxygens (including phenoxy) is 1. The highest BCUT2D eigenvalue weighted by atomic mass is 16.5. The van der Waals surface area contributed by atoms with Crippen molar-refractivity contribution in [1.82, 2.24) is 24.3 Å². The monoisotopic (exact) mass is 455 g/mol. The van der Waals surface area contributed by atoms with Crippen molar-refractivity contribution < 1.29 is 9.53 Å². The molecule has 2 aliphatic rings. The van der Waals surface area contributed by atoms with Gasteiger partial charge in [-0.1, -0.05) is 0 Å². The summed E-state index contributed by atoms with van der Waals surface area (Å²) in [4.78, 5) is 22.4. The van der Waals surface area contributed by atoms with Gasteiger partial charge in [0.05, 0.1) is 47.4 Å². The van der Waals surface area contributed by atoms with E-state index >= 15 is 0 Å². The Bertz CT molecular complexity index is 1440. The van der Waals surface area contributed by atoms with E-state index in [4.69, 9.17) is 9.72 Å². The normalized spacial score (nSPS) is 20.5. The van der Waals surface area contributed by atoms with E-state index in [0.29, 0.717) is 29.9 Å². The standard InChI is InChI=1S/C25H25N7O2/c1-15-10-18(7-9-34-15)32-23(12-24(33)29-22-6-8-31(30-22)17-3-4-17)28-21-14-27-20-5-2-16(13-26)11-19(20)25(21)32/h2,5-6,8,11,14-15,17-18H,3-4,7,9-10,12H2,1H3,(H,29,30,33)/t15-,18-/m1/s1. The third kappa shape index (κ3) is 3.80. The molecule has 1 aromatic carbocycles. The van der Waals surface area contributed by atoms with Gasteiger partial charge in [-0.2, -0.15) is 10.4 Å². The number of hydrogen-bond donors (Lipinski definition) is 1. The molecule has 0 unspecified atom stereocenters. The second-order valence-corrected chi connectivity index (χ2v) is 9.23. The zero-order valence-electron chi connectivity index (χ0n) is 18.9. The van der Waals surface area contributed by atoms with E-state index in [1.807, 2.05) is 29.1 Å². The Hall–Kier alpha value is -3.77. The number of nitrogens with one attached hydrogen (secondary N) is 1. The number of benzene rings is 1. The maximum absolute atomic E-state index is 13.0. The first-order valence-corrected chi connectivity index (χ1v) is 11.8. The summed E-state index contributed by atoms with van der Waals surface area (Å²) >= 11 is 0. The van der Waals surface area contributed by atoms with E-state index in [2.05, 4.69) is 33.0 Å². The molecule has 3 aromatic heterocycles. The SMILES string of the molecule is C[C@@H]1C[C@H](n2c(CC(=O)Nc3ccn(C4CC4)n3)nc3cnc4ccc(C#N)cc4c32)CCO1. The van der Waals surface area contributed by atoms with Crippen LogP contribution in [0.3, 0.4) is 0 Å². The number of fused-ring (bicyclic) bond motifs is 3. The fraction of sp³-hybridized carbons (Fsp3) is 0.400. The Morgan fingerprint density at radius 1 is 1.24 bits per heavy atom. The molecule has 1 aliphatic carbocycles. The van der Waals surface area contributed by atoms with Gasteiger partial charge in [0.25, 0.3) is 0 Å². The van der Waals surface area contributed by atoms with Crippen LogP contribution in [0.1, 0.15) is 56.1 Å². The predicted molar refractivity (Wildman–Crippen MR) is 126 cm³/mol. The van der Waals surface area contributed by atoms with E-state index in [0.717, 1.165) is 47.6 Å². The van der Waals surface area contributed by atoms with Crippen LogP contribution in [0.25, 0.3) is 21.9 Å². The number of aromatic nitrogens is 5. The molecule has 0 bridgehead atoms. The van der Waals surface area contributed by atoms with Gasteiger partial charge in [0.1, 0.15) is 11.3 Å². The Labute approximate surface area is 196 Å². The lowest BCUT2D eigenvalue weighted by molar-refractivity contribution is -0.115. The van der Waals surface area contributed by atoms with Gasteiger partial charge in [0, 0.05) is 30.3 Å². The minimum atomic E-state index is -0.160. The fourth-order valence-corrected chi connectivity index (χ4v) is 4.90. The Morgan fingerprint density at radius 3 is 2.91 bits per heavy atom. The summed E-state index contributed by atoms with van der Waals surface area (Å²) in [7, 11) is 0. The molecule has 0 radical (unpaired) electrons. The van der Waals surface area contributed by atoms with Crippen LogP contribution in [0.2, 0.25) is 0 Å². The summed E-state index contributed by atoms with van der Waals surface area (Å²) in [5.74, 6) is 1.09. The van der Waals surface area contributed by atoms with Gasteiger partial charge in [-0.15, -0.1) is 0 Å². The number of carbonyl (C=O) groups is 1. The lowest BCUT2D eigenvalue weighted by Crippen LogP contribution is -2.27. The molecule has 1 amide bonds. The highest BCUT2D eigenvalue weighted by Gasteiger charge is 2.28. The van der Waals surface area contributed by atoms with E-state index in [1.165, 1.54) is 0 Å². The third-order valence-electron chi connectivity index (χ3n) is 6.66. The van der Waals surface area contributed by atoms with Crippen LogP contribution >= 0.6 is 0 Å². The van der Waals surface area contributed by atoms with Gasteiger partial charge in [0.15, 0.2) is 5.82 Å². The number of imidazole rings is 1. The number of rotatable bonds is 5. The summed E-state index contributed by atoms with van der Waals surface area (Å²) in [6.07, 6.45) is 7.84. The molecule has 2 atom stereocenters. The van der Waals surface area contributed by atoms with E-state index in [-0.39, 0.29) is 24.5 Å². The number of hydrogen-bond acceptors (Lipinski definition) is 6. The highest BCUT2D eigenvalue weighted by Crippen LogP contribution is 2.35. The largest absolute Gasteiger partial charge is 0.378 e. The smallest absolute Gasteiger partial charge is 0.233 e. The van der Waals surface area contributed by atoms with Crippen LogP contribution in [0.4, 0.5) is 5.82 Å². The van der Waals surface area contributed by atoms with Crippen molar-refractivity contribution >= 4 is 33.7 Å². The maximum atomic E-state index is 13.0. The first-order chi connectivity index (χ1) is 16.6. The molecule has 1 saturated carbocycles. The summed E-state index contributed by atoms with van der Waals surface area (Å²) in [5.41, 5.74) is 3.01. The zero-order valence-corrected chi connectivity index (χ0v) is 18.9. The molecule has 6 rings (SSSR count). The van der Waals surface area contributed by atoms with Crippen LogP contribution in [-0.4, -0.2) is 42.9 Å². The second-order valence-electron chi connectivity index (χ2n) is 9.23.